The summed E-state index contributed by atoms with van der Waals surface area (Å²) in [5, 5.41) is 8.18. The number of carbonyl (C=O) groups excluding carboxylic acids is 7. The third kappa shape index (κ3) is 13.2. The lowest BCUT2D eigenvalue weighted by Gasteiger charge is -2.29. The molecule has 67 heavy (non-hydrogen) atoms. The number of alkyl halides is 2. The van der Waals surface area contributed by atoms with Gasteiger partial charge in [-0.15, -0.1) is 0 Å². The lowest BCUT2D eigenvalue weighted by atomic mass is 9.98. The third-order valence-electron chi connectivity index (χ3n) is 10.7. The Hall–Kier alpha value is -6.30. The van der Waals surface area contributed by atoms with Gasteiger partial charge in [-0.25, -0.2) is 0 Å². The van der Waals surface area contributed by atoms with Crippen molar-refractivity contribution < 1.29 is 65.4 Å². The first-order valence-corrected chi connectivity index (χ1v) is 23.0. The summed E-state index contributed by atoms with van der Waals surface area (Å²) >= 11 is 0. The van der Waals surface area contributed by atoms with Crippen molar-refractivity contribution in [3.63, 3.8) is 0 Å². The molecule has 3 aromatic carbocycles. The summed E-state index contributed by atoms with van der Waals surface area (Å²) in [6.07, 6.45) is 2.74. The maximum Gasteiger partial charge on any atom is 0.410 e. The van der Waals surface area contributed by atoms with Gasteiger partial charge in [-0.05, 0) is 89.1 Å². The van der Waals surface area contributed by atoms with Crippen molar-refractivity contribution in [2.24, 2.45) is 16.6 Å². The Morgan fingerprint density at radius 2 is 1.45 bits per heavy atom. The fraction of sp³-hybridized carbons (Fsp3) is 0.426. The Morgan fingerprint density at radius 3 is 2.03 bits per heavy atom. The van der Waals surface area contributed by atoms with Crippen LogP contribution in [-0.4, -0.2) is 73.2 Å². The van der Waals surface area contributed by atoms with Gasteiger partial charge in [0.2, 0.25) is 43.1 Å². The van der Waals surface area contributed by atoms with Crippen LogP contribution in [0.2, 0.25) is 0 Å². The van der Waals surface area contributed by atoms with Gasteiger partial charge < -0.3 is 31.2 Å². The predicted octanol–water partition coefficient (Wildman–Crippen LogP) is 5.52. The molecule has 0 aliphatic carbocycles. The number of anilines is 1. The number of aryl methyl sites for hydroxylation is 1. The Balaban J connectivity index is 1.28. The number of halogens is 2. The molecule has 3 aromatic rings. The molecule has 360 valence electrons. The molecule has 2 heterocycles. The smallest absolute Gasteiger partial charge is 0.410 e. The van der Waals surface area contributed by atoms with Crippen molar-refractivity contribution in [1.29, 1.82) is 0 Å². The summed E-state index contributed by atoms with van der Waals surface area (Å²) in [4.78, 5) is 92.5. The number of rotatable bonds is 19. The molecule has 0 unspecified atom stereocenters. The molecule has 0 spiro atoms. The minimum absolute atomic E-state index is 0.0900. The van der Waals surface area contributed by atoms with E-state index in [2.05, 4.69) is 16.0 Å². The molecule has 17 nitrogen and oxygen atoms in total. The van der Waals surface area contributed by atoms with Crippen molar-refractivity contribution in [2.45, 2.75) is 104 Å². The van der Waals surface area contributed by atoms with Crippen LogP contribution in [0.15, 0.2) is 78.9 Å². The van der Waals surface area contributed by atoms with E-state index < -0.39 is 103 Å². The van der Waals surface area contributed by atoms with Gasteiger partial charge in [0.05, 0.1) is 16.5 Å². The van der Waals surface area contributed by atoms with Crippen molar-refractivity contribution in [2.75, 3.05) is 18.5 Å². The molecule has 0 saturated heterocycles. The molecule has 5 amide bonds. The van der Waals surface area contributed by atoms with Gasteiger partial charge in [0, 0.05) is 31.0 Å². The lowest BCUT2D eigenvalue weighted by Crippen LogP contribution is -2.57. The molecule has 20 heteroatoms. The number of hydrogen-bond donors (Lipinski definition) is 4. The van der Waals surface area contributed by atoms with Gasteiger partial charge in [-0.1, -0.05) is 72.8 Å². The SMILES string of the molecule is CC(C)(C)C(=O)OCOP(=O)(OCOC(=O)C(C)(C)C)C(F)(F)c1ccc(/C=C/C(=O)N[C@H]2CCc3cccc4c3N(C2=O)[C@H](C(=O)N[C@@H](CCC(N)=O)C(=O)NCc2ccccc2)C4)cc1. The summed E-state index contributed by atoms with van der Waals surface area (Å²) < 4.78 is 65.3. The van der Waals surface area contributed by atoms with Gasteiger partial charge in [0.15, 0.2) is 0 Å². The molecule has 0 fully saturated rings. The first-order valence-electron chi connectivity index (χ1n) is 21.5. The number of primary amides is 1. The molecule has 0 bridgehead atoms. The number of nitrogens with one attached hydrogen (secondary N) is 3. The number of para-hydroxylation sites is 1. The van der Waals surface area contributed by atoms with E-state index in [1.54, 1.807) is 12.1 Å². The maximum absolute atomic E-state index is 16.0. The monoisotopic (exact) mass is 951 g/mol. The molecule has 0 aromatic heterocycles. The normalized spacial score (nSPS) is 16.7. The fourth-order valence-corrected chi connectivity index (χ4v) is 8.23. The minimum atomic E-state index is -5.57. The summed E-state index contributed by atoms with van der Waals surface area (Å²) in [6.45, 7) is 6.88. The van der Waals surface area contributed by atoms with E-state index in [9.17, 15) is 38.1 Å². The number of benzene rings is 3. The van der Waals surface area contributed by atoms with E-state index in [0.717, 1.165) is 34.9 Å². The zero-order chi connectivity index (χ0) is 49.3. The zero-order valence-electron chi connectivity index (χ0n) is 38.1. The second kappa shape index (κ2) is 21.6. The molecular weight excluding hydrogens is 896 g/mol. The summed E-state index contributed by atoms with van der Waals surface area (Å²) in [7, 11) is -5.57. The maximum atomic E-state index is 16.0. The number of hydrogen-bond acceptors (Lipinski definition) is 12. The minimum Gasteiger partial charge on any atom is -0.438 e. The number of carbonyl (C=O) groups is 7. The average Bonchev–Trinajstić information content (AvgIpc) is 3.61. The molecule has 3 atom stereocenters. The fourth-order valence-electron chi connectivity index (χ4n) is 6.98. The Labute approximate surface area is 387 Å². The quantitative estimate of drug-likeness (QED) is 0.0503. The summed E-state index contributed by atoms with van der Waals surface area (Å²) in [5.41, 5.74) is 1.16. The van der Waals surface area contributed by atoms with Crippen LogP contribution < -0.4 is 26.6 Å². The molecule has 0 saturated carbocycles. The van der Waals surface area contributed by atoms with Crippen LogP contribution in [0.1, 0.15) is 88.6 Å². The molecule has 5 rings (SSSR count). The average molecular weight is 952 g/mol. The number of nitrogens with zero attached hydrogens (tertiary/aromatic N) is 1. The Morgan fingerprint density at radius 1 is 0.851 bits per heavy atom. The first-order chi connectivity index (χ1) is 31.4. The first kappa shape index (κ1) is 51.7. The highest BCUT2D eigenvalue weighted by Gasteiger charge is 2.56. The Bertz CT molecular complexity index is 2380. The van der Waals surface area contributed by atoms with Gasteiger partial charge in [0.25, 0.3) is 0 Å². The summed E-state index contributed by atoms with van der Waals surface area (Å²) in [5.74, 6) is -4.83. The van der Waals surface area contributed by atoms with Gasteiger partial charge in [-0.3, -0.25) is 52.1 Å². The summed E-state index contributed by atoms with van der Waals surface area (Å²) in [6, 6.07) is 15.3. The molecule has 2 aliphatic rings. The highest BCUT2D eigenvalue weighted by Crippen LogP contribution is 2.67. The number of amides is 5. The number of nitrogens with two attached hydrogens (primary N) is 1. The topological polar surface area (TPSA) is 239 Å². The van der Waals surface area contributed by atoms with Gasteiger partial charge >= 0.3 is 25.2 Å². The van der Waals surface area contributed by atoms with Crippen LogP contribution in [0.25, 0.3) is 6.08 Å². The van der Waals surface area contributed by atoms with E-state index in [0.29, 0.717) is 12.1 Å². The van der Waals surface area contributed by atoms with E-state index in [4.69, 9.17) is 24.3 Å². The van der Waals surface area contributed by atoms with Crippen LogP contribution >= 0.6 is 7.60 Å². The highest BCUT2D eigenvalue weighted by molar-refractivity contribution is 7.54. The molecule has 2 aliphatic heterocycles. The van der Waals surface area contributed by atoms with Crippen molar-refractivity contribution >= 4 is 60.8 Å². The second-order valence-corrected chi connectivity index (χ2v) is 20.1. The van der Waals surface area contributed by atoms with Crippen LogP contribution in [0.4, 0.5) is 14.5 Å². The Kier molecular flexibility index (Phi) is 16.6. The molecular formula is C47H56F2N5O12P. The van der Waals surface area contributed by atoms with Crippen LogP contribution in [-0.2, 0) is 81.7 Å². The van der Waals surface area contributed by atoms with Crippen molar-refractivity contribution in [3.05, 3.63) is 107 Å². The largest absolute Gasteiger partial charge is 0.438 e. The number of esters is 2. The van der Waals surface area contributed by atoms with Crippen LogP contribution in [0.5, 0.6) is 0 Å². The van der Waals surface area contributed by atoms with E-state index in [1.165, 1.54) is 64.7 Å². The molecule has 0 radical (unpaired) electrons. The van der Waals surface area contributed by atoms with Gasteiger partial charge in [-0.2, -0.15) is 8.78 Å². The van der Waals surface area contributed by atoms with Gasteiger partial charge in [0.1, 0.15) is 18.1 Å². The van der Waals surface area contributed by atoms with Crippen molar-refractivity contribution in [1.82, 2.24) is 16.0 Å². The number of ether oxygens (including phenoxy) is 2. The van der Waals surface area contributed by atoms with E-state index in [-0.39, 0.29) is 37.8 Å². The van der Waals surface area contributed by atoms with Crippen LogP contribution in [0.3, 0.4) is 0 Å². The van der Waals surface area contributed by atoms with E-state index >= 15 is 8.78 Å². The van der Waals surface area contributed by atoms with Crippen LogP contribution in [0, 0.1) is 10.8 Å². The van der Waals surface area contributed by atoms with Crippen molar-refractivity contribution in [3.8, 4) is 0 Å². The highest BCUT2D eigenvalue weighted by atomic mass is 31.2. The lowest BCUT2D eigenvalue weighted by molar-refractivity contribution is -0.163. The predicted molar refractivity (Wildman–Crippen MR) is 240 cm³/mol. The zero-order valence-corrected chi connectivity index (χ0v) is 39.0. The standard InChI is InChI=1S/C47H56F2N5O12P/c1-45(2,3)43(60)63-27-65-67(62,66-28-64-44(61)46(4,5)6)47(48,49)33-19-15-29(16-20-33)17-24-38(56)52-35-21-18-31-13-10-14-32-25-36(54(39(31)32)42(35)59)41(58)53-34(22-23-37(50)55)40(57)51-26-30-11-8-7-9-12-30/h7-17,19-20,24,34-36H,18,21-23,25-28H2,1-6H3,(H2,50,55)(H,51,57)(H,52,56)(H,53,58)/b24-17+/t34-,35-,36-/m0/s1. The second-order valence-electron chi connectivity index (χ2n) is 18.1. The third-order valence-corrected chi connectivity index (χ3v) is 12.6. The van der Waals surface area contributed by atoms with E-state index in [1.807, 2.05) is 36.4 Å². The molecule has 5 N–H and O–H groups in total.